The monoisotopic (exact) mass is 496 g/mol. The highest BCUT2D eigenvalue weighted by Gasteiger charge is 2.37. The molecule has 4 aromatic rings. The van der Waals surface area contributed by atoms with E-state index in [0.717, 1.165) is 12.6 Å². The predicted octanol–water partition coefficient (Wildman–Crippen LogP) is 2.59. The first-order valence-electron chi connectivity index (χ1n) is 10.9. The Balaban J connectivity index is 1.69. The first-order chi connectivity index (χ1) is 17.2. The molecular formula is C23H19F3N8O2. The maximum absolute atomic E-state index is 13.6. The van der Waals surface area contributed by atoms with Gasteiger partial charge >= 0.3 is 6.18 Å². The fourth-order valence-electron chi connectivity index (χ4n) is 4.07. The van der Waals surface area contributed by atoms with Crippen LogP contribution in [0.1, 0.15) is 23.1 Å². The summed E-state index contributed by atoms with van der Waals surface area (Å²) < 4.78 is 48.9. The van der Waals surface area contributed by atoms with Gasteiger partial charge in [-0.05, 0) is 12.1 Å². The van der Waals surface area contributed by atoms with Crippen LogP contribution in [-0.4, -0.2) is 49.0 Å². The number of morpholine rings is 1. The van der Waals surface area contributed by atoms with Crippen LogP contribution in [-0.2, 0) is 25.0 Å². The van der Waals surface area contributed by atoms with Crippen LogP contribution in [0.2, 0.25) is 0 Å². The number of fused-ring (bicyclic) bond motifs is 1. The largest absolute Gasteiger partial charge is 0.449 e. The summed E-state index contributed by atoms with van der Waals surface area (Å²) in [5.74, 6) is -1.19. The summed E-state index contributed by atoms with van der Waals surface area (Å²) in [5, 5.41) is 13.3. The molecule has 1 atom stereocenters. The molecule has 1 aromatic carbocycles. The van der Waals surface area contributed by atoms with Crippen LogP contribution < -0.4 is 10.5 Å². The van der Waals surface area contributed by atoms with E-state index in [4.69, 9.17) is 10.00 Å². The smallest absolute Gasteiger partial charge is 0.370 e. The summed E-state index contributed by atoms with van der Waals surface area (Å²) in [6.45, 7) is 1.10. The number of anilines is 1. The Labute approximate surface area is 202 Å². The second kappa shape index (κ2) is 8.72. The number of hydrogen-bond acceptors (Lipinski definition) is 8. The van der Waals surface area contributed by atoms with Crippen molar-refractivity contribution in [2.75, 3.05) is 24.6 Å². The number of benzene rings is 1. The number of halogens is 3. The average Bonchev–Trinajstić information content (AvgIpc) is 3.31. The topological polar surface area (TPSA) is 115 Å². The van der Waals surface area contributed by atoms with Gasteiger partial charge in [-0.3, -0.25) is 14.0 Å². The van der Waals surface area contributed by atoms with Crippen molar-refractivity contribution in [3.05, 3.63) is 64.0 Å². The Morgan fingerprint density at radius 2 is 1.86 bits per heavy atom. The van der Waals surface area contributed by atoms with Crippen molar-refractivity contribution in [2.45, 2.75) is 12.3 Å². The fraction of sp³-hybridized carbons (Fsp3) is 0.304. The van der Waals surface area contributed by atoms with Gasteiger partial charge in [0.15, 0.2) is 5.52 Å². The number of aromatic nitrogens is 6. The number of alkyl halides is 3. The summed E-state index contributed by atoms with van der Waals surface area (Å²) in [6, 6.07) is 8.13. The SMILES string of the molecule is Cn1cc(C2CN(c3nc(-c4ccc(C#N)cc4)c4nc(C(F)(F)F)n(C)c(=O)c4n3)CCO2)cn1. The summed E-state index contributed by atoms with van der Waals surface area (Å²) in [5.41, 5.74) is 0.228. The van der Waals surface area contributed by atoms with Crippen LogP contribution in [0.25, 0.3) is 22.3 Å². The van der Waals surface area contributed by atoms with E-state index in [0.29, 0.717) is 35.4 Å². The minimum atomic E-state index is -4.86. The Morgan fingerprint density at radius 3 is 2.50 bits per heavy atom. The van der Waals surface area contributed by atoms with Gasteiger partial charge < -0.3 is 9.64 Å². The summed E-state index contributed by atoms with van der Waals surface area (Å²) in [6.07, 6.45) is -1.67. The van der Waals surface area contributed by atoms with Gasteiger partial charge in [0.25, 0.3) is 5.56 Å². The summed E-state index contributed by atoms with van der Waals surface area (Å²) in [7, 11) is 2.80. The van der Waals surface area contributed by atoms with Crippen LogP contribution >= 0.6 is 0 Å². The zero-order valence-electron chi connectivity index (χ0n) is 19.2. The molecule has 0 amide bonds. The highest BCUT2D eigenvalue weighted by Crippen LogP contribution is 2.32. The molecule has 0 spiro atoms. The van der Waals surface area contributed by atoms with Crippen LogP contribution in [0, 0.1) is 11.3 Å². The first-order valence-corrected chi connectivity index (χ1v) is 10.9. The molecular weight excluding hydrogens is 477 g/mol. The molecule has 3 aromatic heterocycles. The van der Waals surface area contributed by atoms with Gasteiger partial charge in [-0.2, -0.15) is 23.5 Å². The normalized spacial score (nSPS) is 16.3. The Kier molecular flexibility index (Phi) is 5.68. The average molecular weight is 496 g/mol. The molecule has 13 heteroatoms. The highest BCUT2D eigenvalue weighted by atomic mass is 19.4. The lowest BCUT2D eigenvalue weighted by molar-refractivity contribution is -0.147. The third-order valence-electron chi connectivity index (χ3n) is 5.90. The van der Waals surface area contributed by atoms with Gasteiger partial charge in [0.05, 0.1) is 31.0 Å². The molecule has 0 saturated carbocycles. The Bertz CT molecular complexity index is 1550. The number of hydrogen-bond donors (Lipinski definition) is 0. The molecule has 1 aliphatic rings. The summed E-state index contributed by atoms with van der Waals surface area (Å²) >= 11 is 0. The summed E-state index contributed by atoms with van der Waals surface area (Å²) in [4.78, 5) is 27.5. The van der Waals surface area contributed by atoms with E-state index < -0.39 is 17.6 Å². The maximum atomic E-state index is 13.6. The maximum Gasteiger partial charge on any atom is 0.449 e. The second-order valence-electron chi connectivity index (χ2n) is 8.31. The lowest BCUT2D eigenvalue weighted by Crippen LogP contribution is -2.39. The molecule has 0 N–H and O–H groups in total. The predicted molar refractivity (Wildman–Crippen MR) is 122 cm³/mol. The van der Waals surface area contributed by atoms with Gasteiger partial charge in [0.1, 0.15) is 17.3 Å². The molecule has 0 bridgehead atoms. The van der Waals surface area contributed by atoms with Gasteiger partial charge in [0, 0.05) is 38.0 Å². The lowest BCUT2D eigenvalue weighted by Gasteiger charge is -2.32. The van der Waals surface area contributed by atoms with E-state index in [9.17, 15) is 18.0 Å². The van der Waals surface area contributed by atoms with E-state index in [-0.39, 0.29) is 28.8 Å². The molecule has 1 fully saturated rings. The first kappa shape index (κ1) is 23.4. The number of nitriles is 1. The van der Waals surface area contributed by atoms with Crippen LogP contribution in [0.4, 0.5) is 19.1 Å². The van der Waals surface area contributed by atoms with Gasteiger partial charge in [-0.25, -0.2) is 15.0 Å². The van der Waals surface area contributed by atoms with Crippen molar-refractivity contribution in [2.24, 2.45) is 14.1 Å². The fourth-order valence-corrected chi connectivity index (χ4v) is 4.07. The number of rotatable bonds is 3. The molecule has 0 radical (unpaired) electrons. The van der Waals surface area contributed by atoms with Crippen molar-refractivity contribution in [3.8, 4) is 17.3 Å². The lowest BCUT2D eigenvalue weighted by atomic mass is 10.1. The quantitative estimate of drug-likeness (QED) is 0.425. The van der Waals surface area contributed by atoms with E-state index >= 15 is 0 Å². The minimum Gasteiger partial charge on any atom is -0.370 e. The Morgan fingerprint density at radius 1 is 1.11 bits per heavy atom. The molecule has 1 unspecified atom stereocenters. The van der Waals surface area contributed by atoms with Crippen LogP contribution in [0.3, 0.4) is 0 Å². The number of nitrogens with zero attached hydrogens (tertiary/aromatic N) is 8. The highest BCUT2D eigenvalue weighted by molar-refractivity contribution is 5.89. The third kappa shape index (κ3) is 4.16. The molecule has 10 nitrogen and oxygen atoms in total. The van der Waals surface area contributed by atoms with Gasteiger partial charge in [-0.15, -0.1) is 0 Å². The molecule has 0 aliphatic carbocycles. The number of aryl methyl sites for hydroxylation is 1. The van der Waals surface area contributed by atoms with Crippen molar-refractivity contribution >= 4 is 17.0 Å². The standard InChI is InChI=1S/C23H19F3N8O2/c1-32-11-15(10-28-32)16-12-34(7-8-36-16)22-30-17(14-5-3-13(9-27)4-6-14)18-19(31-22)20(35)33(2)21(29-18)23(24,25)26/h3-6,10-11,16H,7-8,12H2,1-2H3. The minimum absolute atomic E-state index is 0.0621. The van der Waals surface area contributed by atoms with Crippen LogP contribution in [0.5, 0.6) is 0 Å². The van der Waals surface area contributed by atoms with E-state index in [1.54, 1.807) is 30.1 Å². The van der Waals surface area contributed by atoms with E-state index in [1.165, 1.54) is 12.1 Å². The molecule has 4 heterocycles. The van der Waals surface area contributed by atoms with Gasteiger partial charge in [0.2, 0.25) is 11.8 Å². The Hall–Kier alpha value is -4.31. The van der Waals surface area contributed by atoms with Crippen molar-refractivity contribution in [3.63, 3.8) is 0 Å². The second-order valence-corrected chi connectivity index (χ2v) is 8.31. The molecule has 5 rings (SSSR count). The molecule has 184 valence electrons. The van der Waals surface area contributed by atoms with E-state index in [2.05, 4.69) is 20.1 Å². The molecule has 36 heavy (non-hydrogen) atoms. The third-order valence-corrected chi connectivity index (χ3v) is 5.90. The van der Waals surface area contributed by atoms with Gasteiger partial charge in [-0.1, -0.05) is 12.1 Å². The zero-order chi connectivity index (χ0) is 25.6. The van der Waals surface area contributed by atoms with Crippen molar-refractivity contribution in [1.29, 1.82) is 5.26 Å². The molecule has 1 aliphatic heterocycles. The van der Waals surface area contributed by atoms with Crippen molar-refractivity contribution < 1.29 is 17.9 Å². The zero-order valence-corrected chi connectivity index (χ0v) is 19.2. The van der Waals surface area contributed by atoms with Crippen LogP contribution in [0.15, 0.2) is 41.5 Å². The van der Waals surface area contributed by atoms with E-state index in [1.807, 2.05) is 17.2 Å². The molecule has 1 saturated heterocycles. The van der Waals surface area contributed by atoms with Crippen molar-refractivity contribution in [1.82, 2.24) is 29.3 Å². The number of ether oxygens (including phenoxy) is 1.